The normalized spacial score (nSPS) is 12.8. The van der Waals surface area contributed by atoms with Crippen LogP contribution in [0.1, 0.15) is 22.6 Å². The Bertz CT molecular complexity index is 1120. The lowest BCUT2D eigenvalue weighted by molar-refractivity contribution is -0.141. The van der Waals surface area contributed by atoms with E-state index in [9.17, 15) is 19.5 Å². The molecule has 3 aromatic rings. The lowest BCUT2D eigenvalue weighted by Gasteiger charge is -2.16. The molecule has 1 aliphatic rings. The average Bonchev–Trinajstić information content (AvgIpc) is 3.15. The summed E-state index contributed by atoms with van der Waals surface area (Å²) in [6.45, 7) is -0.248. The molecule has 4 rings (SSSR count). The Morgan fingerprint density at radius 3 is 2.03 bits per heavy atom. The summed E-state index contributed by atoms with van der Waals surface area (Å²) >= 11 is 0. The van der Waals surface area contributed by atoms with Crippen LogP contribution in [0, 0.1) is 0 Å². The fourth-order valence-corrected chi connectivity index (χ4v) is 4.10. The van der Waals surface area contributed by atoms with E-state index in [-0.39, 0.29) is 25.5 Å². The van der Waals surface area contributed by atoms with E-state index in [0.717, 1.165) is 27.8 Å². The predicted molar refractivity (Wildman–Crippen MR) is 123 cm³/mol. The highest BCUT2D eigenvalue weighted by Gasteiger charge is 2.29. The third kappa shape index (κ3) is 5.20. The summed E-state index contributed by atoms with van der Waals surface area (Å²) in [5, 5.41) is 14.2. The number of nitrogens with one attached hydrogen (secondary N) is 2. The Morgan fingerprint density at radius 2 is 1.42 bits per heavy atom. The summed E-state index contributed by atoms with van der Waals surface area (Å²) in [6.07, 6.45) is -0.589. The second-order valence-electron chi connectivity index (χ2n) is 7.83. The molecule has 0 aliphatic heterocycles. The molecule has 0 bridgehead atoms. The van der Waals surface area contributed by atoms with Gasteiger partial charge < -0.3 is 20.5 Å². The van der Waals surface area contributed by atoms with Crippen molar-refractivity contribution in [3.05, 3.63) is 95.6 Å². The van der Waals surface area contributed by atoms with E-state index in [0.29, 0.717) is 0 Å². The molecule has 7 heteroatoms. The minimum absolute atomic E-state index is 0.0840. The molecule has 1 aliphatic carbocycles. The number of carboxylic acid groups (broad SMARTS) is 1. The zero-order valence-electron chi connectivity index (χ0n) is 17.9. The topological polar surface area (TPSA) is 105 Å². The number of carbonyl (C=O) groups is 3. The number of amides is 2. The van der Waals surface area contributed by atoms with Crippen LogP contribution in [-0.4, -0.2) is 42.3 Å². The first-order valence-corrected chi connectivity index (χ1v) is 10.7. The van der Waals surface area contributed by atoms with Gasteiger partial charge in [-0.3, -0.25) is 4.79 Å². The van der Waals surface area contributed by atoms with Crippen molar-refractivity contribution in [2.45, 2.75) is 18.4 Å². The third-order valence-corrected chi connectivity index (χ3v) is 5.65. The number of hydrogen-bond donors (Lipinski definition) is 3. The van der Waals surface area contributed by atoms with Gasteiger partial charge in [-0.2, -0.15) is 0 Å². The maximum absolute atomic E-state index is 12.2. The highest BCUT2D eigenvalue weighted by Crippen LogP contribution is 2.44. The highest BCUT2D eigenvalue weighted by atomic mass is 16.5. The molecule has 0 saturated carbocycles. The number of benzene rings is 3. The van der Waals surface area contributed by atoms with Crippen LogP contribution >= 0.6 is 0 Å². The highest BCUT2D eigenvalue weighted by molar-refractivity contribution is 5.87. The quantitative estimate of drug-likeness (QED) is 0.494. The fraction of sp³-hybridized carbons (Fsp3) is 0.192. The minimum atomic E-state index is -1.15. The van der Waals surface area contributed by atoms with Crippen molar-refractivity contribution in [3.63, 3.8) is 0 Å². The number of ether oxygens (including phenoxy) is 1. The van der Waals surface area contributed by atoms with Gasteiger partial charge in [0.05, 0.1) is 0 Å². The first-order chi connectivity index (χ1) is 16.0. The summed E-state index contributed by atoms with van der Waals surface area (Å²) < 4.78 is 5.39. The van der Waals surface area contributed by atoms with Gasteiger partial charge >= 0.3 is 12.1 Å². The van der Waals surface area contributed by atoms with Crippen LogP contribution < -0.4 is 10.6 Å². The summed E-state index contributed by atoms with van der Waals surface area (Å²) in [4.78, 5) is 35.9. The lowest BCUT2D eigenvalue weighted by Crippen LogP contribution is -2.46. The molecule has 1 atom stereocenters. The number of rotatable bonds is 8. The van der Waals surface area contributed by atoms with Gasteiger partial charge in [0.2, 0.25) is 5.91 Å². The molecular weight excluding hydrogens is 420 g/mol. The Balaban J connectivity index is 1.29. The maximum Gasteiger partial charge on any atom is 0.407 e. The maximum atomic E-state index is 12.2. The van der Waals surface area contributed by atoms with Crippen LogP contribution in [0.15, 0.2) is 78.9 Å². The molecule has 0 spiro atoms. The van der Waals surface area contributed by atoms with Crippen molar-refractivity contribution in [2.24, 2.45) is 0 Å². The van der Waals surface area contributed by atoms with Crippen LogP contribution in [-0.2, 0) is 20.7 Å². The predicted octanol–water partition coefficient (Wildman–Crippen LogP) is 3.34. The summed E-state index contributed by atoms with van der Waals surface area (Å²) in [5.74, 6) is -1.83. The second-order valence-corrected chi connectivity index (χ2v) is 7.83. The second kappa shape index (κ2) is 9.99. The summed E-state index contributed by atoms with van der Waals surface area (Å²) in [6, 6.07) is 23.9. The number of aliphatic carboxylic acids is 1. The smallest absolute Gasteiger partial charge is 0.407 e. The Kier molecular flexibility index (Phi) is 6.69. The van der Waals surface area contributed by atoms with Gasteiger partial charge in [-0.15, -0.1) is 0 Å². The van der Waals surface area contributed by atoms with Crippen molar-refractivity contribution in [2.75, 3.05) is 13.2 Å². The molecular formula is C26H24N2O5. The van der Waals surface area contributed by atoms with E-state index in [2.05, 4.69) is 10.6 Å². The molecule has 2 amide bonds. The van der Waals surface area contributed by atoms with Crippen molar-refractivity contribution in [1.82, 2.24) is 10.6 Å². The van der Waals surface area contributed by atoms with E-state index in [1.165, 1.54) is 0 Å². The molecule has 0 fully saturated rings. The molecule has 0 saturated heterocycles. The molecule has 1 unspecified atom stereocenters. The molecule has 3 N–H and O–H groups in total. The first-order valence-electron chi connectivity index (χ1n) is 10.7. The molecule has 0 aromatic heterocycles. The number of alkyl carbamates (subject to hydrolysis) is 1. The molecule has 3 aromatic carbocycles. The van der Waals surface area contributed by atoms with Gasteiger partial charge in [0, 0.05) is 12.3 Å². The van der Waals surface area contributed by atoms with Crippen LogP contribution in [0.5, 0.6) is 0 Å². The summed E-state index contributed by atoms with van der Waals surface area (Å²) in [5.41, 5.74) is 5.22. The van der Waals surface area contributed by atoms with Crippen LogP contribution in [0.2, 0.25) is 0 Å². The monoisotopic (exact) mass is 444 g/mol. The Hall–Kier alpha value is -4.13. The van der Waals surface area contributed by atoms with Gasteiger partial charge in [-0.1, -0.05) is 78.9 Å². The van der Waals surface area contributed by atoms with Crippen molar-refractivity contribution < 1.29 is 24.2 Å². The average molecular weight is 444 g/mol. The van der Waals surface area contributed by atoms with Gasteiger partial charge in [0.25, 0.3) is 0 Å². The van der Waals surface area contributed by atoms with E-state index in [4.69, 9.17) is 4.74 Å². The number of hydrogen-bond acceptors (Lipinski definition) is 4. The standard InChI is InChI=1S/C26H24N2O5/c29-24(28-23(25(30)31)14-17-8-2-1-3-9-17)15-27-26(32)33-16-22-20-12-6-4-10-18(20)19-11-5-7-13-21(19)22/h1-13,22-23H,14-16H2,(H,27,32)(H,28,29)(H,30,31). The van der Waals surface area contributed by atoms with Gasteiger partial charge in [-0.25, -0.2) is 9.59 Å². The SMILES string of the molecule is O=C(CNC(=O)OCC1c2ccccc2-c2ccccc21)NC(Cc1ccccc1)C(=O)O. The molecule has 0 heterocycles. The van der Waals surface area contributed by atoms with Crippen LogP contribution in [0.4, 0.5) is 4.79 Å². The number of fused-ring (bicyclic) bond motifs is 3. The van der Waals surface area contributed by atoms with Gasteiger partial charge in [0.15, 0.2) is 0 Å². The third-order valence-electron chi connectivity index (χ3n) is 5.65. The Labute approximate surface area is 191 Å². The molecule has 33 heavy (non-hydrogen) atoms. The van der Waals surface area contributed by atoms with Crippen LogP contribution in [0.25, 0.3) is 11.1 Å². The van der Waals surface area contributed by atoms with E-state index in [1.807, 2.05) is 54.6 Å². The molecule has 168 valence electrons. The van der Waals surface area contributed by atoms with E-state index < -0.39 is 24.0 Å². The first kappa shape index (κ1) is 22.1. The fourth-order valence-electron chi connectivity index (χ4n) is 4.10. The van der Waals surface area contributed by atoms with Gasteiger partial charge in [-0.05, 0) is 27.8 Å². The van der Waals surface area contributed by atoms with Crippen molar-refractivity contribution in [3.8, 4) is 11.1 Å². The summed E-state index contributed by atoms with van der Waals surface area (Å²) in [7, 11) is 0. The molecule has 0 radical (unpaired) electrons. The lowest BCUT2D eigenvalue weighted by atomic mass is 9.98. The number of carbonyl (C=O) groups excluding carboxylic acids is 2. The zero-order chi connectivity index (χ0) is 23.2. The minimum Gasteiger partial charge on any atom is -0.480 e. The Morgan fingerprint density at radius 1 is 0.848 bits per heavy atom. The van der Waals surface area contributed by atoms with Crippen LogP contribution in [0.3, 0.4) is 0 Å². The zero-order valence-corrected chi connectivity index (χ0v) is 17.9. The number of carboxylic acids is 1. The largest absolute Gasteiger partial charge is 0.480 e. The van der Waals surface area contributed by atoms with Crippen molar-refractivity contribution in [1.29, 1.82) is 0 Å². The van der Waals surface area contributed by atoms with E-state index in [1.54, 1.807) is 24.3 Å². The molecule has 7 nitrogen and oxygen atoms in total. The van der Waals surface area contributed by atoms with E-state index >= 15 is 0 Å². The van der Waals surface area contributed by atoms with Gasteiger partial charge in [0.1, 0.15) is 19.2 Å². The van der Waals surface area contributed by atoms with Crippen molar-refractivity contribution >= 4 is 18.0 Å².